The van der Waals surface area contributed by atoms with Gasteiger partial charge in [0.2, 0.25) is 0 Å². The molecule has 1 aromatic heterocycles. The number of aromatic amines is 1. The lowest BCUT2D eigenvalue weighted by molar-refractivity contribution is -0.156. The van der Waals surface area contributed by atoms with Crippen molar-refractivity contribution in [2.24, 2.45) is 29.1 Å². The van der Waals surface area contributed by atoms with Gasteiger partial charge >= 0.3 is 17.9 Å². The fourth-order valence-corrected chi connectivity index (χ4v) is 9.24. The van der Waals surface area contributed by atoms with E-state index in [0.717, 1.165) is 68.3 Å². The van der Waals surface area contributed by atoms with Gasteiger partial charge in [-0.2, -0.15) is 0 Å². The highest BCUT2D eigenvalue weighted by Crippen LogP contribution is 2.61. The molecule has 4 aliphatic rings. The van der Waals surface area contributed by atoms with Gasteiger partial charge in [-0.3, -0.25) is 19.3 Å². The zero-order valence-corrected chi connectivity index (χ0v) is 32.8. The topological polar surface area (TPSA) is 97.9 Å². The van der Waals surface area contributed by atoms with Crippen LogP contribution in [0.5, 0.6) is 0 Å². The van der Waals surface area contributed by atoms with Crippen molar-refractivity contribution in [2.45, 2.75) is 148 Å². The highest BCUT2D eigenvalue weighted by Gasteiger charge is 2.50. The molecule has 1 unspecified atom stereocenters. The van der Waals surface area contributed by atoms with Gasteiger partial charge < -0.3 is 19.2 Å². The van der Waals surface area contributed by atoms with E-state index < -0.39 is 12.0 Å². The third kappa shape index (κ3) is 15.2. The van der Waals surface area contributed by atoms with Crippen LogP contribution < -0.4 is 0 Å². The van der Waals surface area contributed by atoms with Crippen molar-refractivity contribution in [1.82, 2.24) is 9.88 Å². The van der Waals surface area contributed by atoms with Crippen molar-refractivity contribution in [3.05, 3.63) is 48.3 Å². The molecular weight excluding hydrogens is 652 g/mol. The van der Waals surface area contributed by atoms with Gasteiger partial charge in [-0.15, -0.1) is 0 Å². The number of H-pyrrole nitrogens is 1. The Bertz CT molecular complexity index is 1200. The number of nitrogens with one attached hydrogen (secondary N) is 1. The molecule has 1 heterocycles. The van der Waals surface area contributed by atoms with Crippen LogP contribution in [0.3, 0.4) is 0 Å². The Labute approximate surface area is 314 Å². The van der Waals surface area contributed by atoms with E-state index in [1.165, 1.54) is 70.6 Å². The van der Waals surface area contributed by atoms with E-state index in [0.29, 0.717) is 24.7 Å². The molecule has 0 radical (unpaired) electrons. The Morgan fingerprint density at radius 1 is 0.788 bits per heavy atom. The lowest BCUT2D eigenvalue weighted by Crippen LogP contribution is -2.46. The van der Waals surface area contributed by atoms with Crippen molar-refractivity contribution in [3.63, 3.8) is 0 Å². The number of rotatable bonds is 27. The van der Waals surface area contributed by atoms with Crippen LogP contribution in [-0.2, 0) is 35.0 Å². The Hall–Kier alpha value is -2.87. The maximum absolute atomic E-state index is 13.2. The summed E-state index contributed by atoms with van der Waals surface area (Å²) in [6.07, 6.45) is 35.4. The van der Waals surface area contributed by atoms with E-state index in [-0.39, 0.29) is 37.7 Å². The minimum absolute atomic E-state index is 0.0234. The molecular formula is C44H70N2O6. The summed E-state index contributed by atoms with van der Waals surface area (Å²) in [4.78, 5) is 43.7. The molecule has 5 rings (SSSR count). The van der Waals surface area contributed by atoms with E-state index in [2.05, 4.69) is 36.2 Å². The van der Waals surface area contributed by atoms with Gasteiger partial charge in [-0.1, -0.05) is 63.3 Å². The normalized spacial score (nSPS) is 23.4. The third-order valence-electron chi connectivity index (χ3n) is 11.8. The summed E-state index contributed by atoms with van der Waals surface area (Å²) in [5.74, 6) is 1.32. The molecule has 0 saturated heterocycles. The van der Waals surface area contributed by atoms with Crippen molar-refractivity contribution in [1.29, 1.82) is 0 Å². The first-order valence-electron chi connectivity index (χ1n) is 20.8. The maximum Gasteiger partial charge on any atom is 0.323 e. The predicted octanol–water partition coefficient (Wildman–Crippen LogP) is 9.54. The number of hydrogen-bond acceptors (Lipinski definition) is 7. The lowest BCUT2D eigenvalue weighted by Gasteiger charge is -2.57. The molecule has 8 heteroatoms. The summed E-state index contributed by atoms with van der Waals surface area (Å²) in [6, 6.07) is 1.49. The zero-order chi connectivity index (χ0) is 37.0. The van der Waals surface area contributed by atoms with Crippen molar-refractivity contribution in [2.75, 3.05) is 33.9 Å². The highest BCUT2D eigenvalue weighted by atomic mass is 16.6. The number of likely N-dealkylation sites (N-methyl/N-ethyl adjacent to an activating group) is 1. The summed E-state index contributed by atoms with van der Waals surface area (Å²) < 4.78 is 17.2. The molecule has 1 N–H and O–H groups in total. The summed E-state index contributed by atoms with van der Waals surface area (Å²) in [6.45, 7) is 2.38. The Morgan fingerprint density at radius 2 is 1.37 bits per heavy atom. The number of aromatic nitrogens is 1. The molecule has 0 amide bonds. The van der Waals surface area contributed by atoms with E-state index in [4.69, 9.17) is 14.2 Å². The van der Waals surface area contributed by atoms with Crippen LogP contribution in [0.4, 0.5) is 0 Å². The van der Waals surface area contributed by atoms with Crippen LogP contribution in [0, 0.1) is 29.1 Å². The third-order valence-corrected chi connectivity index (χ3v) is 11.8. The monoisotopic (exact) mass is 723 g/mol. The largest absolute Gasteiger partial charge is 0.465 e. The summed E-state index contributed by atoms with van der Waals surface area (Å²) >= 11 is 0. The number of hydrogen-bond donors (Lipinski definition) is 1. The van der Waals surface area contributed by atoms with Crippen LogP contribution in [0.15, 0.2) is 42.8 Å². The van der Waals surface area contributed by atoms with Crippen LogP contribution in [-0.4, -0.2) is 67.7 Å². The molecule has 292 valence electrons. The van der Waals surface area contributed by atoms with Gasteiger partial charge in [-0.25, -0.2) is 0 Å². The van der Waals surface area contributed by atoms with Gasteiger partial charge in [0.05, 0.1) is 5.92 Å². The quantitative estimate of drug-likeness (QED) is 0.0418. The Kier molecular flexibility index (Phi) is 18.5. The number of carbonyl (C=O) groups is 3. The standard InChI is InChI=1S/C44H70N2O6/c1-4-5-6-7-8-9-10-11-12-13-14-15-16-17-18-19-41(47)50-32-39(34-52-43(49)40(46(2)3)27-35-21-23-45-31-35)33-51-42(48)20-22-44-28-36-24-37(29-44)26-38(25-36)30-44/h8-9,11-12,21,23,31,36-40,45H,4-7,10,13-20,22,24-30,32-34H2,1-3H3/b9-8-,12-11-/t36?,37?,38?,39?,40-,44?/m0/s1. The van der Waals surface area contributed by atoms with Crippen molar-refractivity contribution in [3.8, 4) is 0 Å². The lowest BCUT2D eigenvalue weighted by atomic mass is 9.48. The first-order chi connectivity index (χ1) is 25.2. The average molecular weight is 723 g/mol. The number of carbonyl (C=O) groups excluding carboxylic acids is 3. The second-order valence-electron chi connectivity index (χ2n) is 16.7. The van der Waals surface area contributed by atoms with E-state index in [9.17, 15) is 14.4 Å². The molecule has 4 saturated carbocycles. The molecule has 4 aliphatic carbocycles. The average Bonchev–Trinajstić information content (AvgIpc) is 3.64. The van der Waals surface area contributed by atoms with E-state index >= 15 is 0 Å². The van der Waals surface area contributed by atoms with E-state index in [1.807, 2.05) is 37.5 Å². The van der Waals surface area contributed by atoms with Gasteiger partial charge in [-0.05, 0) is 132 Å². The molecule has 8 nitrogen and oxygen atoms in total. The zero-order valence-electron chi connectivity index (χ0n) is 32.8. The highest BCUT2D eigenvalue weighted by molar-refractivity contribution is 5.76. The minimum atomic E-state index is -0.458. The number of unbranched alkanes of at least 4 members (excludes halogenated alkanes) is 8. The van der Waals surface area contributed by atoms with Gasteiger partial charge in [0.25, 0.3) is 0 Å². The van der Waals surface area contributed by atoms with Crippen molar-refractivity contribution >= 4 is 17.9 Å². The molecule has 0 aromatic carbocycles. The molecule has 4 fully saturated rings. The number of nitrogens with zero attached hydrogens (tertiary/aromatic N) is 1. The van der Waals surface area contributed by atoms with Crippen LogP contribution in [0.2, 0.25) is 0 Å². The van der Waals surface area contributed by atoms with Crippen LogP contribution in [0.1, 0.15) is 141 Å². The fraction of sp³-hybridized carbons (Fsp3) is 0.750. The summed E-state index contributed by atoms with van der Waals surface area (Å²) in [5.41, 5.74) is 1.34. The second-order valence-corrected chi connectivity index (χ2v) is 16.7. The van der Waals surface area contributed by atoms with Gasteiger partial charge in [0.1, 0.15) is 25.9 Å². The summed E-state index contributed by atoms with van der Waals surface area (Å²) in [5, 5.41) is 0. The fourth-order valence-electron chi connectivity index (χ4n) is 9.24. The number of allylic oxidation sites excluding steroid dienone is 4. The molecule has 0 aliphatic heterocycles. The molecule has 4 bridgehead atoms. The maximum atomic E-state index is 13.2. The first kappa shape index (κ1) is 41.9. The SMILES string of the molecule is CCCCC/C=C\C/C=C\CCCCCCCC(=O)OCC(COC(=O)CCC12CC3CC(CC(C3)C1)C2)COC(=O)[C@H](Cc1cc[nH]c1)N(C)C. The van der Waals surface area contributed by atoms with Crippen LogP contribution >= 0.6 is 0 Å². The van der Waals surface area contributed by atoms with Crippen LogP contribution in [0.25, 0.3) is 0 Å². The summed E-state index contributed by atoms with van der Waals surface area (Å²) in [7, 11) is 3.71. The number of esters is 3. The molecule has 1 aromatic rings. The predicted molar refractivity (Wildman–Crippen MR) is 208 cm³/mol. The molecule has 0 spiro atoms. The molecule has 52 heavy (non-hydrogen) atoms. The smallest absolute Gasteiger partial charge is 0.323 e. The first-order valence-corrected chi connectivity index (χ1v) is 20.8. The van der Waals surface area contributed by atoms with Gasteiger partial charge in [0.15, 0.2) is 0 Å². The van der Waals surface area contributed by atoms with Gasteiger partial charge in [0, 0.05) is 31.7 Å². The minimum Gasteiger partial charge on any atom is -0.465 e. The number of ether oxygens (including phenoxy) is 3. The van der Waals surface area contributed by atoms with Crippen molar-refractivity contribution < 1.29 is 28.6 Å². The Morgan fingerprint density at radius 3 is 1.96 bits per heavy atom. The molecule has 2 atom stereocenters. The Balaban J connectivity index is 1.14. The van der Waals surface area contributed by atoms with E-state index in [1.54, 1.807) is 0 Å². The second kappa shape index (κ2) is 23.0.